The predicted octanol–water partition coefficient (Wildman–Crippen LogP) is 4.37. The first-order valence-electron chi connectivity index (χ1n) is 9.78. The topological polar surface area (TPSA) is 30.5 Å². The highest BCUT2D eigenvalue weighted by Crippen LogP contribution is 2.27. The van der Waals surface area contributed by atoms with Crippen molar-refractivity contribution in [1.29, 1.82) is 0 Å². The number of benzene rings is 2. The van der Waals surface area contributed by atoms with Crippen molar-refractivity contribution in [2.75, 3.05) is 49.5 Å². The van der Waals surface area contributed by atoms with Gasteiger partial charge in [0.2, 0.25) is 0 Å². The van der Waals surface area contributed by atoms with Crippen molar-refractivity contribution < 1.29 is 0 Å². The van der Waals surface area contributed by atoms with E-state index in [4.69, 9.17) is 23.8 Å². The molecular formula is C22H29ClN4S. The third-order valence-electron chi connectivity index (χ3n) is 5.38. The summed E-state index contributed by atoms with van der Waals surface area (Å²) in [5.74, 6) is 0. The van der Waals surface area contributed by atoms with Crippen LogP contribution in [0.25, 0.3) is 0 Å². The van der Waals surface area contributed by atoms with Crippen LogP contribution >= 0.6 is 23.8 Å². The van der Waals surface area contributed by atoms with Gasteiger partial charge in [0.25, 0.3) is 0 Å². The van der Waals surface area contributed by atoms with Gasteiger partial charge in [-0.1, -0.05) is 29.8 Å². The Morgan fingerprint density at radius 2 is 1.82 bits per heavy atom. The van der Waals surface area contributed by atoms with Crippen LogP contribution in [0.15, 0.2) is 36.4 Å². The molecule has 2 N–H and O–H groups in total. The average molecular weight is 417 g/mol. The fourth-order valence-electron chi connectivity index (χ4n) is 3.46. The molecule has 3 rings (SSSR count). The van der Waals surface area contributed by atoms with Crippen LogP contribution in [0.1, 0.15) is 16.7 Å². The Kier molecular flexibility index (Phi) is 7.16. The Labute approximate surface area is 178 Å². The van der Waals surface area contributed by atoms with Gasteiger partial charge >= 0.3 is 0 Å². The minimum Gasteiger partial charge on any atom is -0.368 e. The van der Waals surface area contributed by atoms with Crippen molar-refractivity contribution in [3.63, 3.8) is 0 Å². The van der Waals surface area contributed by atoms with Gasteiger partial charge in [0.05, 0.1) is 10.7 Å². The van der Waals surface area contributed by atoms with Gasteiger partial charge in [0.15, 0.2) is 5.11 Å². The Hall–Kier alpha value is -1.82. The van der Waals surface area contributed by atoms with E-state index in [1.165, 1.54) is 16.7 Å². The van der Waals surface area contributed by atoms with Crippen molar-refractivity contribution in [2.24, 2.45) is 0 Å². The van der Waals surface area contributed by atoms with Crippen LogP contribution in [-0.2, 0) is 0 Å². The molecule has 150 valence electrons. The molecule has 1 aliphatic rings. The van der Waals surface area contributed by atoms with Gasteiger partial charge in [-0.2, -0.15) is 0 Å². The lowest BCUT2D eigenvalue weighted by atomic mass is 10.1. The molecule has 2 aromatic rings. The third-order valence-corrected chi connectivity index (χ3v) is 5.93. The van der Waals surface area contributed by atoms with E-state index in [9.17, 15) is 0 Å². The number of nitrogens with one attached hydrogen (secondary N) is 2. The van der Waals surface area contributed by atoms with Crippen molar-refractivity contribution in [1.82, 2.24) is 10.2 Å². The number of hydrogen-bond acceptors (Lipinski definition) is 3. The first-order valence-corrected chi connectivity index (χ1v) is 10.6. The van der Waals surface area contributed by atoms with E-state index in [1.807, 2.05) is 12.1 Å². The summed E-state index contributed by atoms with van der Waals surface area (Å²) < 4.78 is 0. The second-order valence-corrected chi connectivity index (χ2v) is 8.23. The number of hydrogen-bond donors (Lipinski definition) is 2. The van der Waals surface area contributed by atoms with Crippen LogP contribution in [-0.4, -0.2) is 49.3 Å². The van der Waals surface area contributed by atoms with E-state index in [-0.39, 0.29) is 0 Å². The lowest BCUT2D eigenvalue weighted by Gasteiger charge is -2.36. The Morgan fingerprint density at radius 3 is 2.54 bits per heavy atom. The van der Waals surface area contributed by atoms with Crippen molar-refractivity contribution in [2.45, 2.75) is 20.8 Å². The minimum absolute atomic E-state index is 0.679. The molecule has 0 aliphatic carbocycles. The van der Waals surface area contributed by atoms with E-state index < -0.39 is 0 Å². The predicted molar refractivity (Wildman–Crippen MR) is 125 cm³/mol. The maximum atomic E-state index is 6.42. The van der Waals surface area contributed by atoms with Crippen molar-refractivity contribution in [3.8, 4) is 0 Å². The van der Waals surface area contributed by atoms with Gasteiger partial charge in [-0.05, 0) is 67.9 Å². The van der Waals surface area contributed by atoms with E-state index >= 15 is 0 Å². The van der Waals surface area contributed by atoms with Crippen molar-refractivity contribution >= 4 is 40.3 Å². The maximum absolute atomic E-state index is 6.42. The molecule has 0 radical (unpaired) electrons. The maximum Gasteiger partial charge on any atom is 0.170 e. The van der Waals surface area contributed by atoms with Gasteiger partial charge in [0, 0.05) is 45.0 Å². The van der Waals surface area contributed by atoms with Crippen LogP contribution in [0.2, 0.25) is 5.02 Å². The fourth-order valence-corrected chi connectivity index (χ4v) is 4.03. The van der Waals surface area contributed by atoms with E-state index in [2.05, 4.69) is 65.5 Å². The molecule has 1 fully saturated rings. The summed E-state index contributed by atoms with van der Waals surface area (Å²) in [5.41, 5.74) is 5.91. The van der Waals surface area contributed by atoms with Gasteiger partial charge in [0.1, 0.15) is 0 Å². The molecule has 2 aromatic carbocycles. The van der Waals surface area contributed by atoms with Gasteiger partial charge in [-0.25, -0.2) is 0 Å². The lowest BCUT2D eigenvalue weighted by Crippen LogP contribution is -2.48. The van der Waals surface area contributed by atoms with Crippen LogP contribution in [0.3, 0.4) is 0 Å². The lowest BCUT2D eigenvalue weighted by molar-refractivity contribution is 0.262. The first-order chi connectivity index (χ1) is 13.4. The largest absolute Gasteiger partial charge is 0.368 e. The van der Waals surface area contributed by atoms with E-state index in [0.717, 1.165) is 55.7 Å². The monoisotopic (exact) mass is 416 g/mol. The second kappa shape index (κ2) is 9.59. The summed E-state index contributed by atoms with van der Waals surface area (Å²) in [5, 5.41) is 8.16. The summed E-state index contributed by atoms with van der Waals surface area (Å²) in [6.07, 6.45) is 0. The Balaban J connectivity index is 1.41. The Bertz CT molecular complexity index is 831. The first kappa shape index (κ1) is 20.9. The molecule has 0 atom stereocenters. The molecule has 0 saturated carbocycles. The average Bonchev–Trinajstić information content (AvgIpc) is 2.66. The molecule has 1 aliphatic heterocycles. The molecule has 1 saturated heterocycles. The van der Waals surface area contributed by atoms with E-state index in [1.54, 1.807) is 0 Å². The van der Waals surface area contributed by atoms with Crippen LogP contribution < -0.4 is 15.5 Å². The highest BCUT2D eigenvalue weighted by molar-refractivity contribution is 7.80. The molecule has 0 amide bonds. The van der Waals surface area contributed by atoms with Crippen molar-refractivity contribution in [3.05, 3.63) is 58.1 Å². The number of anilines is 2. The van der Waals surface area contributed by atoms with Crippen LogP contribution in [0.4, 0.5) is 11.4 Å². The number of piperazine rings is 1. The van der Waals surface area contributed by atoms with Gasteiger partial charge < -0.3 is 15.5 Å². The summed E-state index contributed by atoms with van der Waals surface area (Å²) in [6.45, 7) is 12.2. The summed E-state index contributed by atoms with van der Waals surface area (Å²) in [7, 11) is 0. The Morgan fingerprint density at radius 1 is 1.07 bits per heavy atom. The molecule has 0 aromatic heterocycles. The quantitative estimate of drug-likeness (QED) is 0.706. The molecule has 4 nitrogen and oxygen atoms in total. The molecule has 0 unspecified atom stereocenters. The molecule has 6 heteroatoms. The molecule has 0 bridgehead atoms. The number of rotatable bonds is 5. The minimum atomic E-state index is 0.679. The van der Waals surface area contributed by atoms with Crippen LogP contribution in [0.5, 0.6) is 0 Å². The smallest absolute Gasteiger partial charge is 0.170 e. The number of nitrogens with zero attached hydrogens (tertiary/aromatic N) is 2. The normalized spacial score (nSPS) is 14.8. The van der Waals surface area contributed by atoms with Gasteiger partial charge in [-0.15, -0.1) is 0 Å². The molecular weight excluding hydrogens is 388 g/mol. The molecule has 1 heterocycles. The zero-order valence-electron chi connectivity index (χ0n) is 16.9. The van der Waals surface area contributed by atoms with Gasteiger partial charge in [-0.3, -0.25) is 4.90 Å². The summed E-state index contributed by atoms with van der Waals surface area (Å²) >= 11 is 11.9. The second-order valence-electron chi connectivity index (χ2n) is 7.41. The standard InChI is InChI=1S/C22H29ClN4S/c1-16-7-8-21(19(23)15-16)27-13-11-26(12-14-27)10-9-24-22(28)25-20-6-4-5-17(2)18(20)3/h4-8,15H,9-14H2,1-3H3,(H2,24,25,28). The highest BCUT2D eigenvalue weighted by Gasteiger charge is 2.18. The molecule has 28 heavy (non-hydrogen) atoms. The number of thiocarbonyl (C=S) groups is 1. The fraction of sp³-hybridized carbons (Fsp3) is 0.409. The van der Waals surface area contributed by atoms with Crippen LogP contribution in [0, 0.1) is 20.8 Å². The SMILES string of the molecule is Cc1ccc(N2CCN(CCNC(=S)Nc3cccc(C)c3C)CC2)c(Cl)c1. The zero-order valence-corrected chi connectivity index (χ0v) is 18.5. The highest BCUT2D eigenvalue weighted by atomic mass is 35.5. The third kappa shape index (κ3) is 5.37. The summed E-state index contributed by atoms with van der Waals surface area (Å²) in [4.78, 5) is 4.84. The summed E-state index contributed by atoms with van der Waals surface area (Å²) in [6, 6.07) is 12.5. The molecule has 0 spiro atoms. The number of halogens is 1. The zero-order chi connectivity index (χ0) is 20.1. The van der Waals surface area contributed by atoms with E-state index in [0.29, 0.717) is 5.11 Å². The number of aryl methyl sites for hydroxylation is 2.